The number of carbonyl (C=O) groups excluding carboxylic acids is 2. The fraction of sp³-hybridized carbons (Fsp3) is 0.692. The number of ketones is 1. The van der Waals surface area contributed by atoms with Crippen LogP contribution in [0.5, 0.6) is 0 Å². The highest BCUT2D eigenvalue weighted by molar-refractivity contribution is 9.12. The zero-order valence-electron chi connectivity index (χ0n) is 10.8. The third-order valence-electron chi connectivity index (χ3n) is 2.48. The molecule has 0 unspecified atom stereocenters. The van der Waals surface area contributed by atoms with Crippen LogP contribution in [0.25, 0.3) is 0 Å². The van der Waals surface area contributed by atoms with Crippen LogP contribution in [0.2, 0.25) is 0 Å². The maximum absolute atomic E-state index is 12.0. The maximum Gasteiger partial charge on any atom is 0.334 e. The van der Waals surface area contributed by atoms with Gasteiger partial charge in [-0.3, -0.25) is 4.79 Å². The fourth-order valence-corrected chi connectivity index (χ4v) is 2.64. The molecule has 18 heavy (non-hydrogen) atoms. The molecule has 0 saturated heterocycles. The number of hydrogen-bond donors (Lipinski definition) is 0. The van der Waals surface area contributed by atoms with Crippen LogP contribution in [0.15, 0.2) is 11.6 Å². The average molecular weight is 382 g/mol. The van der Waals surface area contributed by atoms with E-state index in [9.17, 15) is 9.59 Å². The molecule has 0 N–H and O–H groups in total. The summed E-state index contributed by atoms with van der Waals surface area (Å²) in [5, 5.41) is 0. The van der Waals surface area contributed by atoms with E-state index in [1.165, 1.54) is 0 Å². The monoisotopic (exact) mass is 380 g/mol. The summed E-state index contributed by atoms with van der Waals surface area (Å²) >= 11 is 6.76. The van der Waals surface area contributed by atoms with Crippen molar-refractivity contribution in [2.75, 3.05) is 0 Å². The van der Waals surface area contributed by atoms with Gasteiger partial charge in [0.1, 0.15) is 11.4 Å². The van der Waals surface area contributed by atoms with E-state index in [4.69, 9.17) is 4.74 Å². The third kappa shape index (κ3) is 4.84. The molecule has 0 bridgehead atoms. The van der Waals surface area contributed by atoms with Crippen LogP contribution in [0.4, 0.5) is 0 Å². The number of alkyl halides is 2. The van der Waals surface area contributed by atoms with Crippen molar-refractivity contribution >= 4 is 43.6 Å². The normalized spacial score (nSPS) is 28.9. The summed E-state index contributed by atoms with van der Waals surface area (Å²) in [6.45, 7) is 5.53. The van der Waals surface area contributed by atoms with Gasteiger partial charge in [-0.15, -0.1) is 0 Å². The third-order valence-corrected chi connectivity index (χ3v) is 5.06. The quantitative estimate of drug-likeness (QED) is 0.515. The van der Waals surface area contributed by atoms with Crippen molar-refractivity contribution in [3.8, 4) is 0 Å². The number of allylic oxidation sites excluding steroid dienone is 1. The SMILES string of the molecule is CC(C)(C)OC(=O)/C1=C/[C@H](Br)[C@@H](Br)C(=O)CCC1. The van der Waals surface area contributed by atoms with Gasteiger partial charge >= 0.3 is 5.97 Å². The summed E-state index contributed by atoms with van der Waals surface area (Å²) < 4.78 is 5.36. The first kappa shape index (κ1) is 15.9. The summed E-state index contributed by atoms with van der Waals surface area (Å²) in [4.78, 5) is 23.2. The predicted molar refractivity (Wildman–Crippen MR) is 78.2 cm³/mol. The Hall–Kier alpha value is -0.160. The summed E-state index contributed by atoms with van der Waals surface area (Å²) in [6.07, 6.45) is 3.54. The van der Waals surface area contributed by atoms with Gasteiger partial charge in [-0.25, -0.2) is 4.79 Å². The van der Waals surface area contributed by atoms with Crippen LogP contribution in [0.1, 0.15) is 40.0 Å². The number of esters is 1. The second-order valence-electron chi connectivity index (χ2n) is 5.36. The summed E-state index contributed by atoms with van der Waals surface area (Å²) in [5.74, 6) is -0.127. The molecule has 2 atom stereocenters. The predicted octanol–water partition coefficient (Wildman–Crippen LogP) is 3.53. The zero-order valence-corrected chi connectivity index (χ0v) is 14.0. The molecule has 0 aliphatic heterocycles. The van der Waals surface area contributed by atoms with Crippen molar-refractivity contribution in [2.45, 2.75) is 55.3 Å². The van der Waals surface area contributed by atoms with Crippen molar-refractivity contribution in [3.63, 3.8) is 0 Å². The van der Waals surface area contributed by atoms with Crippen LogP contribution in [-0.4, -0.2) is 27.0 Å². The highest BCUT2D eigenvalue weighted by Gasteiger charge is 2.27. The first-order valence-electron chi connectivity index (χ1n) is 5.95. The minimum Gasteiger partial charge on any atom is -0.457 e. The second kappa shape index (κ2) is 6.33. The number of Topliss-reactive ketones (excluding diaryl/α,β-unsaturated/α-hetero) is 1. The molecule has 5 heteroatoms. The average Bonchev–Trinajstić information content (AvgIpc) is 2.22. The zero-order chi connectivity index (χ0) is 13.9. The molecule has 1 rings (SSSR count). The van der Waals surface area contributed by atoms with Crippen LogP contribution in [-0.2, 0) is 14.3 Å². The van der Waals surface area contributed by atoms with Gasteiger partial charge in [0.25, 0.3) is 0 Å². The molecule has 1 aliphatic rings. The molecule has 0 aromatic heterocycles. The standard InChI is InChI=1S/C13H18Br2O3/c1-13(2,3)18-12(17)8-5-4-6-10(16)11(15)9(14)7-8/h7,9,11H,4-6H2,1-3H3/b8-7+/t9-,11+/m0/s1. The molecular weight excluding hydrogens is 364 g/mol. The molecule has 0 aromatic carbocycles. The molecule has 0 saturated carbocycles. The van der Waals surface area contributed by atoms with E-state index in [-0.39, 0.29) is 21.4 Å². The highest BCUT2D eigenvalue weighted by atomic mass is 79.9. The molecule has 1 aliphatic carbocycles. The molecule has 0 aromatic rings. The lowest BCUT2D eigenvalue weighted by Gasteiger charge is -2.22. The van der Waals surface area contributed by atoms with Gasteiger partial charge in [0.15, 0.2) is 0 Å². The largest absolute Gasteiger partial charge is 0.457 e. The van der Waals surface area contributed by atoms with Crippen molar-refractivity contribution in [1.82, 2.24) is 0 Å². The van der Waals surface area contributed by atoms with Crippen LogP contribution in [0.3, 0.4) is 0 Å². The Kier molecular flexibility index (Phi) is 5.59. The molecule has 0 amide bonds. The van der Waals surface area contributed by atoms with E-state index in [1.807, 2.05) is 20.8 Å². The summed E-state index contributed by atoms with van der Waals surface area (Å²) in [5.41, 5.74) is 0.148. The van der Waals surface area contributed by atoms with Gasteiger partial charge < -0.3 is 4.74 Å². The van der Waals surface area contributed by atoms with Crippen molar-refractivity contribution in [1.29, 1.82) is 0 Å². The molecule has 0 radical (unpaired) electrons. The Morgan fingerprint density at radius 2 is 1.94 bits per heavy atom. The number of carbonyl (C=O) groups is 2. The first-order valence-corrected chi connectivity index (χ1v) is 7.79. The maximum atomic E-state index is 12.0. The van der Waals surface area contributed by atoms with E-state index in [2.05, 4.69) is 31.9 Å². The van der Waals surface area contributed by atoms with Gasteiger partial charge in [-0.05, 0) is 33.6 Å². The summed E-state index contributed by atoms with van der Waals surface area (Å²) in [6, 6.07) is 0. The van der Waals surface area contributed by atoms with Gasteiger partial charge in [-0.1, -0.05) is 37.9 Å². The molecule has 102 valence electrons. The summed E-state index contributed by atoms with van der Waals surface area (Å²) in [7, 11) is 0. The topological polar surface area (TPSA) is 43.4 Å². The van der Waals surface area contributed by atoms with Crippen LogP contribution in [0, 0.1) is 0 Å². The first-order chi connectivity index (χ1) is 8.20. The van der Waals surface area contributed by atoms with Gasteiger partial charge in [-0.2, -0.15) is 0 Å². The lowest BCUT2D eigenvalue weighted by Crippen LogP contribution is -2.28. The Morgan fingerprint density at radius 1 is 1.33 bits per heavy atom. The Morgan fingerprint density at radius 3 is 2.50 bits per heavy atom. The van der Waals surface area contributed by atoms with E-state index < -0.39 is 5.60 Å². The minimum absolute atomic E-state index is 0.163. The van der Waals surface area contributed by atoms with E-state index >= 15 is 0 Å². The molecule has 0 fully saturated rings. The minimum atomic E-state index is -0.494. The van der Waals surface area contributed by atoms with Crippen molar-refractivity contribution in [3.05, 3.63) is 11.6 Å². The molecule has 0 heterocycles. The fourth-order valence-electron chi connectivity index (χ4n) is 1.64. The highest BCUT2D eigenvalue weighted by Crippen LogP contribution is 2.26. The van der Waals surface area contributed by atoms with Crippen molar-refractivity contribution < 1.29 is 14.3 Å². The van der Waals surface area contributed by atoms with E-state index in [0.29, 0.717) is 24.8 Å². The van der Waals surface area contributed by atoms with Gasteiger partial charge in [0.2, 0.25) is 0 Å². The number of halogens is 2. The van der Waals surface area contributed by atoms with Crippen molar-refractivity contribution in [2.24, 2.45) is 0 Å². The lowest BCUT2D eigenvalue weighted by molar-refractivity contribution is -0.150. The Bertz CT molecular complexity index is 369. The number of rotatable bonds is 1. The second-order valence-corrected chi connectivity index (χ2v) is 7.40. The Labute approximate surface area is 125 Å². The molecular formula is C13H18Br2O3. The lowest BCUT2D eigenvalue weighted by atomic mass is 9.99. The molecule has 3 nitrogen and oxygen atoms in total. The van der Waals surface area contributed by atoms with E-state index in [0.717, 1.165) is 0 Å². The molecule has 0 spiro atoms. The van der Waals surface area contributed by atoms with Crippen LogP contribution >= 0.6 is 31.9 Å². The number of hydrogen-bond acceptors (Lipinski definition) is 3. The van der Waals surface area contributed by atoms with Gasteiger partial charge in [0, 0.05) is 12.0 Å². The van der Waals surface area contributed by atoms with Crippen LogP contribution < -0.4 is 0 Å². The van der Waals surface area contributed by atoms with E-state index in [1.54, 1.807) is 6.08 Å². The number of ether oxygens (including phenoxy) is 1. The Balaban J connectivity index is 2.84. The van der Waals surface area contributed by atoms with Gasteiger partial charge in [0.05, 0.1) is 9.65 Å². The smallest absolute Gasteiger partial charge is 0.334 e.